The maximum absolute atomic E-state index is 11.6. The molecular formula is C13H17NO4. The Kier molecular flexibility index (Phi) is 4.71. The van der Waals surface area contributed by atoms with Crippen LogP contribution in [0.5, 0.6) is 5.75 Å². The molecule has 0 aliphatic carbocycles. The summed E-state index contributed by atoms with van der Waals surface area (Å²) in [6.45, 7) is 3.40. The highest BCUT2D eigenvalue weighted by molar-refractivity contribution is 5.82. The van der Waals surface area contributed by atoms with Gasteiger partial charge in [-0.3, -0.25) is 9.59 Å². The molecule has 18 heavy (non-hydrogen) atoms. The molecule has 0 atom stereocenters. The van der Waals surface area contributed by atoms with Crippen LogP contribution in [0, 0.1) is 13.8 Å². The molecule has 0 unspecified atom stereocenters. The Morgan fingerprint density at radius 1 is 1.22 bits per heavy atom. The van der Waals surface area contributed by atoms with Crippen LogP contribution < -0.4 is 4.74 Å². The standard InChI is InChI=1S/C13H17NO4/c1-9-4-10(2)6-11(5-9)18-8-12(15)14(3)7-13(16)17/h4-6H,7-8H2,1-3H3,(H,16,17). The smallest absolute Gasteiger partial charge is 0.323 e. The minimum atomic E-state index is -1.04. The Labute approximate surface area is 106 Å². The van der Waals surface area contributed by atoms with Crippen molar-refractivity contribution in [3.05, 3.63) is 29.3 Å². The number of amides is 1. The van der Waals surface area contributed by atoms with Gasteiger partial charge in [-0.2, -0.15) is 0 Å². The van der Waals surface area contributed by atoms with Gasteiger partial charge in [-0.05, 0) is 37.1 Å². The first-order valence-corrected chi connectivity index (χ1v) is 5.55. The predicted molar refractivity (Wildman–Crippen MR) is 66.7 cm³/mol. The maximum atomic E-state index is 11.6. The maximum Gasteiger partial charge on any atom is 0.323 e. The second kappa shape index (κ2) is 6.05. The molecule has 0 saturated carbocycles. The summed E-state index contributed by atoms with van der Waals surface area (Å²) in [6, 6.07) is 5.67. The first kappa shape index (κ1) is 14.0. The van der Waals surface area contributed by atoms with Gasteiger partial charge in [-0.25, -0.2) is 0 Å². The fraction of sp³-hybridized carbons (Fsp3) is 0.385. The zero-order chi connectivity index (χ0) is 13.7. The van der Waals surface area contributed by atoms with Crippen molar-refractivity contribution in [1.29, 1.82) is 0 Å². The largest absolute Gasteiger partial charge is 0.484 e. The average molecular weight is 251 g/mol. The summed E-state index contributed by atoms with van der Waals surface area (Å²) < 4.78 is 5.35. The number of likely N-dealkylation sites (N-methyl/N-ethyl adjacent to an activating group) is 1. The predicted octanol–water partition coefficient (Wildman–Crippen LogP) is 1.23. The van der Waals surface area contributed by atoms with Crippen LogP contribution in [0.15, 0.2) is 18.2 Å². The van der Waals surface area contributed by atoms with Gasteiger partial charge in [0.25, 0.3) is 5.91 Å². The van der Waals surface area contributed by atoms with E-state index in [-0.39, 0.29) is 19.1 Å². The van der Waals surface area contributed by atoms with Gasteiger partial charge in [0.05, 0.1) is 0 Å². The first-order valence-electron chi connectivity index (χ1n) is 5.55. The third-order valence-electron chi connectivity index (χ3n) is 2.36. The monoisotopic (exact) mass is 251 g/mol. The Bertz CT molecular complexity index is 436. The van der Waals surface area contributed by atoms with Gasteiger partial charge < -0.3 is 14.7 Å². The third-order valence-corrected chi connectivity index (χ3v) is 2.36. The lowest BCUT2D eigenvalue weighted by atomic mass is 10.1. The molecule has 0 radical (unpaired) electrons. The van der Waals surface area contributed by atoms with Crippen molar-refractivity contribution in [3.8, 4) is 5.75 Å². The highest BCUT2D eigenvalue weighted by Crippen LogP contribution is 2.16. The number of hydrogen-bond donors (Lipinski definition) is 1. The Morgan fingerprint density at radius 2 is 1.78 bits per heavy atom. The second-order valence-corrected chi connectivity index (χ2v) is 4.26. The number of rotatable bonds is 5. The van der Waals surface area contributed by atoms with E-state index in [4.69, 9.17) is 9.84 Å². The summed E-state index contributed by atoms with van der Waals surface area (Å²) in [5, 5.41) is 8.56. The van der Waals surface area contributed by atoms with Crippen LogP contribution in [0.2, 0.25) is 0 Å². The molecule has 0 aromatic heterocycles. The van der Waals surface area contributed by atoms with Crippen LogP contribution in [-0.2, 0) is 9.59 Å². The molecule has 0 fully saturated rings. The number of hydrogen-bond acceptors (Lipinski definition) is 3. The van der Waals surface area contributed by atoms with Gasteiger partial charge in [-0.15, -0.1) is 0 Å². The Morgan fingerprint density at radius 3 is 2.28 bits per heavy atom. The van der Waals surface area contributed by atoms with Crippen molar-refractivity contribution >= 4 is 11.9 Å². The minimum absolute atomic E-state index is 0.160. The van der Waals surface area contributed by atoms with Crippen LogP contribution in [0.25, 0.3) is 0 Å². The van der Waals surface area contributed by atoms with E-state index in [1.165, 1.54) is 7.05 Å². The van der Waals surface area contributed by atoms with E-state index in [0.717, 1.165) is 16.0 Å². The number of carboxylic acids is 1. The van der Waals surface area contributed by atoms with Crippen LogP contribution in [0.4, 0.5) is 0 Å². The number of carbonyl (C=O) groups is 2. The Balaban J connectivity index is 2.54. The van der Waals surface area contributed by atoms with E-state index >= 15 is 0 Å². The van der Waals surface area contributed by atoms with Crippen LogP contribution in [0.3, 0.4) is 0 Å². The molecule has 0 spiro atoms. The van der Waals surface area contributed by atoms with Gasteiger partial charge in [0.1, 0.15) is 12.3 Å². The molecule has 0 bridgehead atoms. The highest BCUT2D eigenvalue weighted by Gasteiger charge is 2.12. The number of benzene rings is 1. The number of ether oxygens (including phenoxy) is 1. The molecule has 5 heteroatoms. The Hall–Kier alpha value is -2.04. The molecule has 1 rings (SSSR count). The van der Waals surface area contributed by atoms with Crippen molar-refractivity contribution < 1.29 is 19.4 Å². The molecule has 1 aromatic rings. The zero-order valence-corrected chi connectivity index (χ0v) is 10.8. The number of nitrogens with zero attached hydrogens (tertiary/aromatic N) is 1. The van der Waals surface area contributed by atoms with Crippen molar-refractivity contribution in [1.82, 2.24) is 4.90 Å². The van der Waals surface area contributed by atoms with Crippen LogP contribution in [-0.4, -0.2) is 42.1 Å². The lowest BCUT2D eigenvalue weighted by molar-refractivity contribution is -0.144. The van der Waals surface area contributed by atoms with E-state index < -0.39 is 5.97 Å². The SMILES string of the molecule is Cc1cc(C)cc(OCC(=O)N(C)CC(=O)O)c1. The van der Waals surface area contributed by atoms with E-state index in [1.807, 2.05) is 32.0 Å². The number of carboxylic acid groups (broad SMARTS) is 1. The minimum Gasteiger partial charge on any atom is -0.484 e. The lowest BCUT2D eigenvalue weighted by Gasteiger charge is -2.15. The van der Waals surface area contributed by atoms with Gasteiger partial charge in [0, 0.05) is 7.05 Å². The van der Waals surface area contributed by atoms with E-state index in [2.05, 4.69) is 0 Å². The molecule has 1 aromatic carbocycles. The van der Waals surface area contributed by atoms with Crippen molar-refractivity contribution in [2.24, 2.45) is 0 Å². The summed E-state index contributed by atoms with van der Waals surface area (Å²) in [6.07, 6.45) is 0. The third kappa shape index (κ3) is 4.45. The molecule has 98 valence electrons. The van der Waals surface area contributed by atoms with Crippen molar-refractivity contribution in [2.75, 3.05) is 20.2 Å². The summed E-state index contributed by atoms with van der Waals surface area (Å²) in [5.41, 5.74) is 2.10. The van der Waals surface area contributed by atoms with Crippen molar-refractivity contribution in [3.63, 3.8) is 0 Å². The van der Waals surface area contributed by atoms with Crippen LogP contribution >= 0.6 is 0 Å². The van der Waals surface area contributed by atoms with Gasteiger partial charge >= 0.3 is 5.97 Å². The van der Waals surface area contributed by atoms with Gasteiger partial charge in [-0.1, -0.05) is 6.07 Å². The summed E-state index contributed by atoms with van der Waals surface area (Å²) in [4.78, 5) is 23.1. The summed E-state index contributed by atoms with van der Waals surface area (Å²) >= 11 is 0. The molecule has 0 aliphatic heterocycles. The molecule has 0 saturated heterocycles. The summed E-state index contributed by atoms with van der Waals surface area (Å²) in [7, 11) is 1.43. The zero-order valence-electron chi connectivity index (χ0n) is 10.8. The molecule has 5 nitrogen and oxygen atoms in total. The quantitative estimate of drug-likeness (QED) is 0.854. The topological polar surface area (TPSA) is 66.8 Å². The normalized spacial score (nSPS) is 9.94. The summed E-state index contributed by atoms with van der Waals surface area (Å²) in [5.74, 6) is -0.793. The van der Waals surface area contributed by atoms with Crippen LogP contribution in [0.1, 0.15) is 11.1 Å². The number of aryl methyl sites for hydroxylation is 2. The van der Waals surface area contributed by atoms with E-state index in [1.54, 1.807) is 0 Å². The molecule has 1 amide bonds. The molecule has 0 heterocycles. The molecule has 1 N–H and O–H groups in total. The highest BCUT2D eigenvalue weighted by atomic mass is 16.5. The number of aliphatic carboxylic acids is 1. The fourth-order valence-electron chi connectivity index (χ4n) is 1.56. The van der Waals surface area contributed by atoms with E-state index in [0.29, 0.717) is 5.75 Å². The van der Waals surface area contributed by atoms with Gasteiger partial charge in [0.2, 0.25) is 0 Å². The second-order valence-electron chi connectivity index (χ2n) is 4.26. The van der Waals surface area contributed by atoms with E-state index in [9.17, 15) is 9.59 Å². The number of carbonyl (C=O) groups excluding carboxylic acids is 1. The van der Waals surface area contributed by atoms with Crippen molar-refractivity contribution in [2.45, 2.75) is 13.8 Å². The first-order chi connectivity index (χ1) is 8.38. The average Bonchev–Trinajstić information content (AvgIpc) is 2.23. The molecular weight excluding hydrogens is 234 g/mol. The van der Waals surface area contributed by atoms with Gasteiger partial charge in [0.15, 0.2) is 6.61 Å². The fourth-order valence-corrected chi connectivity index (χ4v) is 1.56. The lowest BCUT2D eigenvalue weighted by Crippen LogP contribution is -2.35. The molecule has 0 aliphatic rings.